The zero-order valence-corrected chi connectivity index (χ0v) is 10.6. The van der Waals surface area contributed by atoms with Gasteiger partial charge >= 0.3 is 0 Å². The minimum absolute atomic E-state index is 0.00655. The predicted octanol–water partition coefficient (Wildman–Crippen LogP) is 0.447. The van der Waals surface area contributed by atoms with Gasteiger partial charge in [0.25, 0.3) is 5.91 Å². The maximum atomic E-state index is 13.2. The molecule has 1 aromatic carbocycles. The molecule has 0 spiro atoms. The Labute approximate surface area is 104 Å². The lowest BCUT2D eigenvalue weighted by molar-refractivity contribution is -0.124. The van der Waals surface area contributed by atoms with E-state index in [4.69, 9.17) is 9.88 Å². The summed E-state index contributed by atoms with van der Waals surface area (Å²) in [6, 6.07) is 2.82. The van der Waals surface area contributed by atoms with Gasteiger partial charge in [-0.15, -0.1) is 0 Å². The SMILES string of the molecule is COC(C)C(=O)Nc1cc(F)cc(S(N)(=O)=O)c1. The van der Waals surface area contributed by atoms with Crippen molar-refractivity contribution in [3.63, 3.8) is 0 Å². The number of nitrogens with two attached hydrogens (primary N) is 1. The van der Waals surface area contributed by atoms with Crippen molar-refractivity contribution >= 4 is 21.6 Å². The molecular weight excluding hydrogens is 263 g/mol. The number of nitrogens with one attached hydrogen (secondary N) is 1. The van der Waals surface area contributed by atoms with Crippen LogP contribution in [-0.4, -0.2) is 27.5 Å². The van der Waals surface area contributed by atoms with Crippen LogP contribution < -0.4 is 10.5 Å². The molecular formula is C10H13FN2O4S. The standard InChI is InChI=1S/C10H13FN2O4S/c1-6(17-2)10(14)13-8-3-7(11)4-9(5-8)18(12,15)16/h3-6H,1-2H3,(H,13,14)(H2,12,15,16). The highest BCUT2D eigenvalue weighted by molar-refractivity contribution is 7.89. The molecule has 0 bridgehead atoms. The number of carbonyl (C=O) groups excluding carboxylic acids is 1. The average molecular weight is 276 g/mol. The monoisotopic (exact) mass is 276 g/mol. The van der Waals surface area contributed by atoms with Crippen LogP contribution in [0.3, 0.4) is 0 Å². The second-order valence-electron chi connectivity index (χ2n) is 3.59. The molecule has 1 unspecified atom stereocenters. The van der Waals surface area contributed by atoms with Crippen LogP contribution in [0.5, 0.6) is 0 Å². The van der Waals surface area contributed by atoms with Gasteiger partial charge < -0.3 is 10.1 Å². The van der Waals surface area contributed by atoms with Crippen molar-refractivity contribution < 1.29 is 22.3 Å². The van der Waals surface area contributed by atoms with Crippen molar-refractivity contribution in [3.05, 3.63) is 24.0 Å². The van der Waals surface area contributed by atoms with Gasteiger partial charge in [-0.3, -0.25) is 4.79 Å². The summed E-state index contributed by atoms with van der Waals surface area (Å²) in [5, 5.41) is 7.20. The average Bonchev–Trinajstić information content (AvgIpc) is 2.25. The Kier molecular flexibility index (Phi) is 4.38. The van der Waals surface area contributed by atoms with Gasteiger partial charge in [0, 0.05) is 12.8 Å². The molecule has 1 amide bonds. The minimum atomic E-state index is -4.03. The number of rotatable bonds is 4. The topological polar surface area (TPSA) is 98.5 Å². The Balaban J connectivity index is 3.05. The summed E-state index contributed by atoms with van der Waals surface area (Å²) in [5.74, 6) is -1.34. The number of primary sulfonamides is 1. The van der Waals surface area contributed by atoms with Gasteiger partial charge in [-0.1, -0.05) is 0 Å². The van der Waals surface area contributed by atoms with Crippen molar-refractivity contribution in [2.75, 3.05) is 12.4 Å². The number of hydrogen-bond donors (Lipinski definition) is 2. The number of halogens is 1. The van der Waals surface area contributed by atoms with Gasteiger partial charge in [-0.25, -0.2) is 17.9 Å². The molecule has 0 aliphatic rings. The van der Waals surface area contributed by atoms with E-state index in [0.717, 1.165) is 18.2 Å². The third-order valence-corrected chi connectivity index (χ3v) is 3.08. The molecule has 0 aromatic heterocycles. The van der Waals surface area contributed by atoms with E-state index in [2.05, 4.69) is 5.32 Å². The zero-order chi connectivity index (χ0) is 13.9. The van der Waals surface area contributed by atoms with Gasteiger partial charge in [0.2, 0.25) is 10.0 Å². The van der Waals surface area contributed by atoms with E-state index in [-0.39, 0.29) is 5.69 Å². The number of ether oxygens (including phenoxy) is 1. The highest BCUT2D eigenvalue weighted by Crippen LogP contribution is 2.17. The fourth-order valence-corrected chi connectivity index (χ4v) is 1.72. The van der Waals surface area contributed by atoms with E-state index >= 15 is 0 Å². The largest absolute Gasteiger partial charge is 0.372 e. The molecule has 3 N–H and O–H groups in total. The Morgan fingerprint density at radius 2 is 2.06 bits per heavy atom. The van der Waals surface area contributed by atoms with Crippen molar-refractivity contribution in [1.29, 1.82) is 0 Å². The van der Waals surface area contributed by atoms with Gasteiger partial charge in [-0.05, 0) is 25.1 Å². The molecule has 1 rings (SSSR count). The smallest absolute Gasteiger partial charge is 0.253 e. The summed E-state index contributed by atoms with van der Waals surface area (Å²) in [6.45, 7) is 1.50. The number of sulfonamides is 1. The summed E-state index contributed by atoms with van der Waals surface area (Å²) in [4.78, 5) is 11.1. The lowest BCUT2D eigenvalue weighted by atomic mass is 10.3. The maximum Gasteiger partial charge on any atom is 0.253 e. The highest BCUT2D eigenvalue weighted by Gasteiger charge is 2.15. The Morgan fingerprint density at radius 1 is 1.44 bits per heavy atom. The highest BCUT2D eigenvalue weighted by atomic mass is 32.2. The van der Waals surface area contributed by atoms with Crippen LogP contribution in [-0.2, 0) is 19.6 Å². The molecule has 0 saturated carbocycles. The number of methoxy groups -OCH3 is 1. The molecule has 18 heavy (non-hydrogen) atoms. The van der Waals surface area contributed by atoms with Crippen molar-refractivity contribution in [3.8, 4) is 0 Å². The molecule has 6 nitrogen and oxygen atoms in total. The lowest BCUT2D eigenvalue weighted by Gasteiger charge is -2.11. The number of carbonyl (C=O) groups is 1. The summed E-state index contributed by atoms with van der Waals surface area (Å²) in [6.07, 6.45) is -0.744. The Hall–Kier alpha value is -1.51. The molecule has 0 radical (unpaired) electrons. The van der Waals surface area contributed by atoms with Crippen LogP contribution in [0.25, 0.3) is 0 Å². The zero-order valence-electron chi connectivity index (χ0n) is 9.81. The van der Waals surface area contributed by atoms with Crippen molar-refractivity contribution in [2.24, 2.45) is 5.14 Å². The third kappa shape index (κ3) is 3.76. The quantitative estimate of drug-likeness (QED) is 0.834. The van der Waals surface area contributed by atoms with Crippen LogP contribution >= 0.6 is 0 Å². The first-order valence-electron chi connectivity index (χ1n) is 4.91. The molecule has 1 atom stereocenters. The predicted molar refractivity (Wildman–Crippen MR) is 62.9 cm³/mol. The maximum absolute atomic E-state index is 13.2. The number of benzene rings is 1. The molecule has 0 aliphatic heterocycles. The van der Waals surface area contributed by atoms with Crippen LogP contribution in [0, 0.1) is 5.82 Å². The normalized spacial score (nSPS) is 13.1. The molecule has 0 saturated heterocycles. The first kappa shape index (κ1) is 14.6. The van der Waals surface area contributed by atoms with Gasteiger partial charge in [-0.2, -0.15) is 0 Å². The fraction of sp³-hybridized carbons (Fsp3) is 0.300. The number of hydrogen-bond acceptors (Lipinski definition) is 4. The minimum Gasteiger partial charge on any atom is -0.372 e. The molecule has 0 aliphatic carbocycles. The first-order valence-corrected chi connectivity index (χ1v) is 6.45. The lowest BCUT2D eigenvalue weighted by Crippen LogP contribution is -2.26. The van der Waals surface area contributed by atoms with Crippen molar-refractivity contribution in [2.45, 2.75) is 17.9 Å². The van der Waals surface area contributed by atoms with Gasteiger partial charge in [0.05, 0.1) is 4.90 Å². The van der Waals surface area contributed by atoms with Crippen molar-refractivity contribution in [1.82, 2.24) is 0 Å². The van der Waals surface area contributed by atoms with E-state index in [1.807, 2.05) is 0 Å². The van der Waals surface area contributed by atoms with E-state index in [9.17, 15) is 17.6 Å². The summed E-state index contributed by atoms with van der Waals surface area (Å²) in [5.41, 5.74) is -0.00655. The number of anilines is 1. The summed E-state index contributed by atoms with van der Waals surface area (Å²) < 4.78 is 40.1. The summed E-state index contributed by atoms with van der Waals surface area (Å²) in [7, 11) is -2.69. The Morgan fingerprint density at radius 3 is 2.56 bits per heavy atom. The summed E-state index contributed by atoms with van der Waals surface area (Å²) >= 11 is 0. The second kappa shape index (κ2) is 5.42. The van der Waals surface area contributed by atoms with E-state index in [1.54, 1.807) is 0 Å². The van der Waals surface area contributed by atoms with Crippen LogP contribution in [0.15, 0.2) is 23.1 Å². The third-order valence-electron chi connectivity index (χ3n) is 2.19. The Bertz CT molecular complexity index is 559. The van der Waals surface area contributed by atoms with Gasteiger partial charge in [0.15, 0.2) is 0 Å². The fourth-order valence-electron chi connectivity index (χ4n) is 1.15. The van der Waals surface area contributed by atoms with Gasteiger partial charge in [0.1, 0.15) is 11.9 Å². The molecule has 8 heteroatoms. The molecule has 100 valence electrons. The molecule has 0 fully saturated rings. The number of amides is 1. The van der Waals surface area contributed by atoms with E-state index < -0.39 is 32.7 Å². The van der Waals surface area contributed by atoms with E-state index in [1.165, 1.54) is 14.0 Å². The van der Waals surface area contributed by atoms with Crippen LogP contribution in [0.4, 0.5) is 10.1 Å². The molecule has 1 aromatic rings. The second-order valence-corrected chi connectivity index (χ2v) is 5.15. The van der Waals surface area contributed by atoms with Crippen LogP contribution in [0.2, 0.25) is 0 Å². The van der Waals surface area contributed by atoms with E-state index in [0.29, 0.717) is 0 Å². The first-order chi connectivity index (χ1) is 8.24. The van der Waals surface area contributed by atoms with Crippen LogP contribution in [0.1, 0.15) is 6.92 Å². The molecule has 0 heterocycles.